The number of amides is 2. The molecule has 0 atom stereocenters. The van der Waals surface area contributed by atoms with E-state index < -0.39 is 6.09 Å². The Labute approximate surface area is 189 Å². The summed E-state index contributed by atoms with van der Waals surface area (Å²) in [6.07, 6.45) is 4.61. The molecule has 0 aromatic carbocycles. The molecule has 0 aliphatic carbocycles. The number of rotatable bonds is 5. The van der Waals surface area contributed by atoms with Crippen molar-refractivity contribution < 1.29 is 19.1 Å². The van der Waals surface area contributed by atoms with Crippen molar-refractivity contribution in [3.8, 4) is 17.1 Å². The molecule has 0 spiro atoms. The minimum atomic E-state index is -0.594. The molecule has 4 rings (SSSR count). The third-order valence-electron chi connectivity index (χ3n) is 5.09. The number of hydrogen-bond donors (Lipinski definition) is 1. The first-order valence-electron chi connectivity index (χ1n) is 9.99. The Morgan fingerprint density at radius 1 is 1.09 bits per heavy atom. The number of nitrogens with zero attached hydrogens (tertiary/aromatic N) is 5. The van der Waals surface area contributed by atoms with Crippen molar-refractivity contribution >= 4 is 29.2 Å². The highest BCUT2D eigenvalue weighted by molar-refractivity contribution is 6.04. The maximum absolute atomic E-state index is 13.0. The molecule has 10 heteroatoms. The van der Waals surface area contributed by atoms with Crippen molar-refractivity contribution in [3.63, 3.8) is 0 Å². The van der Waals surface area contributed by atoms with E-state index >= 15 is 0 Å². The topological polar surface area (TPSA) is 111 Å². The third kappa shape index (κ3) is 4.31. The van der Waals surface area contributed by atoms with Crippen LogP contribution in [0.4, 0.5) is 16.3 Å². The number of imidazole rings is 1. The van der Waals surface area contributed by atoms with Gasteiger partial charge in [-0.05, 0) is 36.8 Å². The van der Waals surface area contributed by atoms with Crippen LogP contribution >= 0.6 is 0 Å². The van der Waals surface area contributed by atoms with E-state index in [2.05, 4.69) is 25.0 Å². The standard InChI is InChI=1S/C23H22N6O4/c1-14-10-16(28(2)22(30)17-6-5-7-20(26-17)32-3)13-29-18(12-25-21(14)29)15-8-9-19(24-11-15)27-23(31)33-4/h5-13H,1-4H3,(H,24,27,31). The molecule has 0 saturated heterocycles. The van der Waals surface area contributed by atoms with E-state index in [0.29, 0.717) is 17.4 Å². The molecule has 0 aliphatic rings. The van der Waals surface area contributed by atoms with Crippen LogP contribution < -0.4 is 15.0 Å². The molecule has 33 heavy (non-hydrogen) atoms. The summed E-state index contributed by atoms with van der Waals surface area (Å²) in [5, 5.41) is 2.52. The molecular weight excluding hydrogens is 424 g/mol. The Morgan fingerprint density at radius 2 is 1.91 bits per heavy atom. The Hall–Kier alpha value is -4.47. The molecule has 2 amide bonds. The Morgan fingerprint density at radius 3 is 2.61 bits per heavy atom. The average Bonchev–Trinajstić information content (AvgIpc) is 3.28. The van der Waals surface area contributed by atoms with Crippen molar-refractivity contribution in [1.82, 2.24) is 19.4 Å². The lowest BCUT2D eigenvalue weighted by Gasteiger charge is -2.18. The Bertz CT molecular complexity index is 1330. The SMILES string of the molecule is COC(=O)Nc1ccc(-c2cnc3c(C)cc(N(C)C(=O)c4cccc(OC)n4)cn23)cn1. The van der Waals surface area contributed by atoms with Crippen LogP contribution in [0.25, 0.3) is 16.9 Å². The zero-order valence-electron chi connectivity index (χ0n) is 18.6. The number of aromatic nitrogens is 4. The predicted octanol–water partition coefficient (Wildman–Crippen LogP) is 3.56. The third-order valence-corrected chi connectivity index (χ3v) is 5.09. The molecule has 0 unspecified atom stereocenters. The number of ether oxygens (including phenoxy) is 2. The average molecular weight is 446 g/mol. The predicted molar refractivity (Wildman–Crippen MR) is 123 cm³/mol. The summed E-state index contributed by atoms with van der Waals surface area (Å²) in [4.78, 5) is 38.9. The van der Waals surface area contributed by atoms with Crippen molar-refractivity contribution in [3.05, 3.63) is 66.2 Å². The molecule has 0 aliphatic heterocycles. The van der Waals surface area contributed by atoms with Gasteiger partial charge in [-0.3, -0.25) is 14.5 Å². The van der Waals surface area contributed by atoms with Crippen molar-refractivity contribution in [2.75, 3.05) is 31.5 Å². The van der Waals surface area contributed by atoms with E-state index in [1.54, 1.807) is 43.7 Å². The highest BCUT2D eigenvalue weighted by atomic mass is 16.5. The van der Waals surface area contributed by atoms with Gasteiger partial charge in [0.15, 0.2) is 0 Å². The normalized spacial score (nSPS) is 10.7. The van der Waals surface area contributed by atoms with E-state index in [4.69, 9.17) is 4.74 Å². The van der Waals surface area contributed by atoms with Gasteiger partial charge in [0.1, 0.15) is 17.2 Å². The van der Waals surface area contributed by atoms with Gasteiger partial charge >= 0.3 is 6.09 Å². The summed E-state index contributed by atoms with van der Waals surface area (Å²) in [6.45, 7) is 1.93. The molecule has 1 N–H and O–H groups in total. The van der Waals surface area contributed by atoms with Gasteiger partial charge in [-0.1, -0.05) is 6.07 Å². The minimum Gasteiger partial charge on any atom is -0.481 e. The molecular formula is C23H22N6O4. The molecule has 0 bridgehead atoms. The van der Waals surface area contributed by atoms with Crippen LogP contribution in [0.5, 0.6) is 5.88 Å². The maximum atomic E-state index is 13.0. The number of nitrogens with one attached hydrogen (secondary N) is 1. The van der Waals surface area contributed by atoms with Gasteiger partial charge in [0, 0.05) is 31.1 Å². The number of methoxy groups -OCH3 is 2. The van der Waals surface area contributed by atoms with Crippen molar-refractivity contribution in [2.24, 2.45) is 0 Å². The van der Waals surface area contributed by atoms with E-state index in [9.17, 15) is 9.59 Å². The van der Waals surface area contributed by atoms with Crippen LogP contribution in [0.2, 0.25) is 0 Å². The molecule has 4 aromatic heterocycles. The van der Waals surface area contributed by atoms with Crippen LogP contribution in [-0.2, 0) is 4.74 Å². The van der Waals surface area contributed by atoms with Gasteiger partial charge in [0.2, 0.25) is 5.88 Å². The molecule has 168 valence electrons. The Kier molecular flexibility index (Phi) is 5.90. The van der Waals surface area contributed by atoms with Crippen molar-refractivity contribution in [2.45, 2.75) is 6.92 Å². The molecule has 4 heterocycles. The highest BCUT2D eigenvalue weighted by Crippen LogP contribution is 2.27. The fraction of sp³-hybridized carbons (Fsp3) is 0.174. The molecule has 0 radical (unpaired) electrons. The Balaban J connectivity index is 1.68. The van der Waals surface area contributed by atoms with Gasteiger partial charge in [-0.25, -0.2) is 19.7 Å². The summed E-state index contributed by atoms with van der Waals surface area (Å²) in [7, 11) is 4.48. The number of fused-ring (bicyclic) bond motifs is 1. The number of carbonyl (C=O) groups excluding carboxylic acids is 2. The second-order valence-corrected chi connectivity index (χ2v) is 7.20. The molecule has 0 fully saturated rings. The number of pyridine rings is 3. The van der Waals surface area contributed by atoms with Crippen LogP contribution in [0, 0.1) is 6.92 Å². The van der Waals surface area contributed by atoms with Crippen LogP contribution in [0.1, 0.15) is 16.1 Å². The van der Waals surface area contributed by atoms with Gasteiger partial charge < -0.3 is 14.4 Å². The first-order valence-corrected chi connectivity index (χ1v) is 9.99. The zero-order chi connectivity index (χ0) is 23.5. The van der Waals surface area contributed by atoms with E-state index in [1.807, 2.05) is 29.7 Å². The maximum Gasteiger partial charge on any atom is 0.412 e. The molecule has 10 nitrogen and oxygen atoms in total. The summed E-state index contributed by atoms with van der Waals surface area (Å²) < 4.78 is 11.6. The molecule has 0 saturated carbocycles. The van der Waals surface area contributed by atoms with Crippen LogP contribution in [0.15, 0.2) is 55.0 Å². The number of anilines is 2. The lowest BCUT2D eigenvalue weighted by atomic mass is 10.2. The van der Waals surface area contributed by atoms with E-state index in [0.717, 1.165) is 22.5 Å². The number of carbonyl (C=O) groups is 2. The smallest absolute Gasteiger partial charge is 0.412 e. The van der Waals surface area contributed by atoms with Crippen LogP contribution in [-0.4, -0.2) is 52.6 Å². The first kappa shape index (κ1) is 21.8. The van der Waals surface area contributed by atoms with Gasteiger partial charge in [0.25, 0.3) is 5.91 Å². The molecule has 4 aromatic rings. The first-order chi connectivity index (χ1) is 15.9. The van der Waals surface area contributed by atoms with E-state index in [1.165, 1.54) is 19.1 Å². The lowest BCUT2D eigenvalue weighted by Crippen LogP contribution is -2.27. The largest absolute Gasteiger partial charge is 0.481 e. The van der Waals surface area contributed by atoms with Gasteiger partial charge in [-0.2, -0.15) is 0 Å². The highest BCUT2D eigenvalue weighted by Gasteiger charge is 2.18. The summed E-state index contributed by atoms with van der Waals surface area (Å²) in [5.41, 5.74) is 4.18. The van der Waals surface area contributed by atoms with Crippen LogP contribution in [0.3, 0.4) is 0 Å². The van der Waals surface area contributed by atoms with E-state index in [-0.39, 0.29) is 11.6 Å². The summed E-state index contributed by atoms with van der Waals surface area (Å²) in [5.74, 6) is 0.469. The fourth-order valence-electron chi connectivity index (χ4n) is 3.35. The van der Waals surface area contributed by atoms with Gasteiger partial charge in [0.05, 0.1) is 31.8 Å². The summed E-state index contributed by atoms with van der Waals surface area (Å²) in [6, 6.07) is 10.4. The van der Waals surface area contributed by atoms with Crippen molar-refractivity contribution in [1.29, 1.82) is 0 Å². The zero-order valence-corrected chi connectivity index (χ0v) is 18.6. The fourth-order valence-corrected chi connectivity index (χ4v) is 3.35. The lowest BCUT2D eigenvalue weighted by molar-refractivity contribution is 0.0987. The quantitative estimate of drug-likeness (QED) is 0.499. The summed E-state index contributed by atoms with van der Waals surface area (Å²) >= 11 is 0. The number of aryl methyl sites for hydroxylation is 1. The van der Waals surface area contributed by atoms with Gasteiger partial charge in [-0.15, -0.1) is 0 Å². The number of hydrogen-bond acceptors (Lipinski definition) is 7. The second-order valence-electron chi connectivity index (χ2n) is 7.20. The second kappa shape index (κ2) is 8.95. The monoisotopic (exact) mass is 446 g/mol. The minimum absolute atomic E-state index is 0.269.